The second kappa shape index (κ2) is 2.53. The lowest BCUT2D eigenvalue weighted by atomic mass is 10.4. The summed E-state index contributed by atoms with van der Waals surface area (Å²) in [5, 5.41) is 10.7. The van der Waals surface area contributed by atoms with Crippen molar-refractivity contribution in [3.8, 4) is 0 Å². The summed E-state index contributed by atoms with van der Waals surface area (Å²) in [6.45, 7) is 0. The molecule has 58 valence electrons. The lowest BCUT2D eigenvalue weighted by Gasteiger charge is -1.98. The Morgan fingerprint density at radius 1 is 1.73 bits per heavy atom. The van der Waals surface area contributed by atoms with E-state index in [0.717, 1.165) is 4.68 Å². The smallest absolute Gasteiger partial charge is 0.266 e. The Labute approximate surface area is 63.0 Å². The van der Waals surface area contributed by atoms with Crippen LogP contribution in [-0.4, -0.2) is 15.6 Å². The second-order valence-electron chi connectivity index (χ2n) is 2.09. The first-order chi connectivity index (χ1) is 5.11. The fourth-order valence-electron chi connectivity index (χ4n) is 0.646. The van der Waals surface area contributed by atoms with E-state index in [2.05, 4.69) is 5.10 Å². The van der Waals surface area contributed by atoms with Gasteiger partial charge in [0.05, 0.1) is 0 Å². The van der Waals surface area contributed by atoms with Crippen molar-refractivity contribution in [2.75, 3.05) is 0 Å². The number of hydrogen-bond acceptors (Lipinski definition) is 3. The minimum atomic E-state index is -0.213. The minimum absolute atomic E-state index is 0.138. The topological polar surface area (TPSA) is 84.8 Å². The molecule has 11 heavy (non-hydrogen) atoms. The summed E-state index contributed by atoms with van der Waals surface area (Å²) in [4.78, 5) is 10.8. The number of nitrogen functional groups attached to an aromatic ring is 1. The Hall–Kier alpha value is -1.65. The number of nitrogens with two attached hydrogens (primary N) is 1. The number of aromatic nitrogens is 2. The average molecular weight is 152 g/mol. The van der Waals surface area contributed by atoms with Crippen LogP contribution in [0, 0.1) is 5.41 Å². The summed E-state index contributed by atoms with van der Waals surface area (Å²) < 4.78 is 1.14. The zero-order valence-electron chi connectivity index (χ0n) is 6.03. The molecule has 0 aliphatic rings. The fourth-order valence-corrected chi connectivity index (χ4v) is 0.646. The van der Waals surface area contributed by atoms with Crippen molar-refractivity contribution in [3.05, 3.63) is 28.2 Å². The van der Waals surface area contributed by atoms with Gasteiger partial charge < -0.3 is 5.73 Å². The summed E-state index contributed by atoms with van der Waals surface area (Å²) in [5.74, 6) is -0.138. The van der Waals surface area contributed by atoms with Gasteiger partial charge in [-0.05, 0) is 6.07 Å². The SMILES string of the molecule is Cn1nc(C(=N)N)ccc1=O. The Morgan fingerprint density at radius 3 is 2.82 bits per heavy atom. The van der Waals surface area contributed by atoms with Gasteiger partial charge in [-0.2, -0.15) is 5.10 Å². The number of amidine groups is 1. The fraction of sp³-hybridized carbons (Fsp3) is 0.167. The van der Waals surface area contributed by atoms with E-state index < -0.39 is 0 Å². The highest BCUT2D eigenvalue weighted by Crippen LogP contribution is 1.85. The van der Waals surface area contributed by atoms with Crippen LogP contribution in [0.4, 0.5) is 0 Å². The average Bonchev–Trinajstić information content (AvgIpc) is 1.94. The molecule has 0 saturated carbocycles. The first-order valence-electron chi connectivity index (χ1n) is 3.00. The molecule has 0 atom stereocenters. The van der Waals surface area contributed by atoms with Gasteiger partial charge >= 0.3 is 0 Å². The molecule has 1 aromatic rings. The summed E-state index contributed by atoms with van der Waals surface area (Å²) in [6.07, 6.45) is 0. The van der Waals surface area contributed by atoms with Crippen molar-refractivity contribution >= 4 is 5.84 Å². The van der Waals surface area contributed by atoms with Gasteiger partial charge in [0.2, 0.25) is 0 Å². The van der Waals surface area contributed by atoms with Gasteiger partial charge in [-0.15, -0.1) is 0 Å². The normalized spacial score (nSPS) is 9.55. The maximum Gasteiger partial charge on any atom is 0.266 e. The predicted octanol–water partition coefficient (Wildman–Crippen LogP) is -0.936. The summed E-state index contributed by atoms with van der Waals surface area (Å²) in [7, 11) is 1.51. The maximum atomic E-state index is 10.8. The molecule has 1 aromatic heterocycles. The third kappa shape index (κ3) is 1.43. The van der Waals surface area contributed by atoms with Gasteiger partial charge in [0.25, 0.3) is 5.56 Å². The van der Waals surface area contributed by atoms with E-state index in [1.165, 1.54) is 19.2 Å². The van der Waals surface area contributed by atoms with E-state index in [-0.39, 0.29) is 11.4 Å². The van der Waals surface area contributed by atoms with Gasteiger partial charge in [-0.3, -0.25) is 10.2 Å². The Kier molecular flexibility index (Phi) is 1.72. The van der Waals surface area contributed by atoms with Gasteiger partial charge in [-0.1, -0.05) is 0 Å². The highest BCUT2D eigenvalue weighted by Gasteiger charge is 1.98. The Morgan fingerprint density at radius 2 is 2.36 bits per heavy atom. The van der Waals surface area contributed by atoms with Crippen LogP contribution >= 0.6 is 0 Å². The molecule has 0 amide bonds. The second-order valence-corrected chi connectivity index (χ2v) is 2.09. The van der Waals surface area contributed by atoms with Crippen LogP contribution in [0.3, 0.4) is 0 Å². The molecule has 0 saturated heterocycles. The number of nitrogens with one attached hydrogen (secondary N) is 1. The van der Waals surface area contributed by atoms with Crippen LogP contribution in [0.2, 0.25) is 0 Å². The van der Waals surface area contributed by atoms with Gasteiger partial charge in [0.1, 0.15) is 11.5 Å². The predicted molar refractivity (Wildman–Crippen MR) is 40.5 cm³/mol. The molecule has 1 rings (SSSR count). The summed E-state index contributed by atoms with van der Waals surface area (Å²) in [6, 6.07) is 2.74. The first kappa shape index (κ1) is 7.46. The zero-order chi connectivity index (χ0) is 8.43. The van der Waals surface area contributed by atoms with E-state index in [0.29, 0.717) is 5.69 Å². The third-order valence-corrected chi connectivity index (χ3v) is 1.24. The van der Waals surface area contributed by atoms with Crippen molar-refractivity contribution in [3.63, 3.8) is 0 Å². The van der Waals surface area contributed by atoms with Crippen molar-refractivity contribution in [1.29, 1.82) is 5.41 Å². The molecule has 0 bridgehead atoms. The minimum Gasteiger partial charge on any atom is -0.382 e. The zero-order valence-corrected chi connectivity index (χ0v) is 6.03. The largest absolute Gasteiger partial charge is 0.382 e. The molecule has 0 aliphatic heterocycles. The lowest BCUT2D eigenvalue weighted by molar-refractivity contribution is 0.702. The van der Waals surface area contributed by atoms with Crippen LogP contribution in [0.15, 0.2) is 16.9 Å². The lowest BCUT2D eigenvalue weighted by Crippen LogP contribution is -2.23. The molecule has 0 aliphatic carbocycles. The van der Waals surface area contributed by atoms with Crippen LogP contribution in [0.25, 0.3) is 0 Å². The van der Waals surface area contributed by atoms with E-state index in [1.807, 2.05) is 0 Å². The van der Waals surface area contributed by atoms with Crippen LogP contribution in [0.5, 0.6) is 0 Å². The van der Waals surface area contributed by atoms with Gasteiger partial charge in [-0.25, -0.2) is 4.68 Å². The molecule has 3 N–H and O–H groups in total. The van der Waals surface area contributed by atoms with Crippen LogP contribution in [-0.2, 0) is 7.05 Å². The quantitative estimate of drug-likeness (QED) is 0.402. The number of hydrogen-bond donors (Lipinski definition) is 2. The monoisotopic (exact) mass is 152 g/mol. The van der Waals surface area contributed by atoms with Gasteiger partial charge in [0.15, 0.2) is 0 Å². The summed E-state index contributed by atoms with van der Waals surface area (Å²) in [5.41, 5.74) is 5.24. The maximum absolute atomic E-state index is 10.8. The Bertz CT molecular complexity index is 341. The molecule has 5 heteroatoms. The number of nitrogens with zero attached hydrogens (tertiary/aromatic N) is 2. The van der Waals surface area contributed by atoms with Crippen molar-refractivity contribution in [2.45, 2.75) is 0 Å². The van der Waals surface area contributed by atoms with Crippen molar-refractivity contribution in [1.82, 2.24) is 9.78 Å². The van der Waals surface area contributed by atoms with E-state index in [9.17, 15) is 4.79 Å². The summed E-state index contributed by atoms with van der Waals surface area (Å²) >= 11 is 0. The molecule has 0 aromatic carbocycles. The highest BCUT2D eigenvalue weighted by atomic mass is 16.1. The molecular weight excluding hydrogens is 144 g/mol. The van der Waals surface area contributed by atoms with E-state index in [1.54, 1.807) is 0 Å². The molecule has 0 radical (unpaired) electrons. The molecule has 0 fully saturated rings. The Balaban J connectivity index is 3.26. The first-order valence-corrected chi connectivity index (χ1v) is 3.00. The van der Waals surface area contributed by atoms with Crippen LogP contribution in [0.1, 0.15) is 5.69 Å². The van der Waals surface area contributed by atoms with Crippen LogP contribution < -0.4 is 11.3 Å². The van der Waals surface area contributed by atoms with E-state index >= 15 is 0 Å². The van der Waals surface area contributed by atoms with E-state index in [4.69, 9.17) is 11.1 Å². The van der Waals surface area contributed by atoms with Gasteiger partial charge in [0, 0.05) is 13.1 Å². The molecule has 0 spiro atoms. The highest BCUT2D eigenvalue weighted by molar-refractivity contribution is 5.92. The molecule has 0 unspecified atom stereocenters. The van der Waals surface area contributed by atoms with Crippen molar-refractivity contribution in [2.24, 2.45) is 12.8 Å². The molecular formula is C6H8N4O. The number of aryl methyl sites for hydroxylation is 1. The standard InChI is InChI=1S/C6H8N4O/c1-10-5(11)3-2-4(9-10)6(7)8/h2-3H,1H3,(H3,7,8). The van der Waals surface area contributed by atoms with Crippen molar-refractivity contribution < 1.29 is 0 Å². The molecule has 5 nitrogen and oxygen atoms in total. The third-order valence-electron chi connectivity index (χ3n) is 1.24. The number of rotatable bonds is 1. The molecule has 1 heterocycles.